The van der Waals surface area contributed by atoms with E-state index < -0.39 is 10.0 Å². The average molecular weight is 332 g/mol. The Bertz CT molecular complexity index is 579. The Morgan fingerprint density at radius 2 is 2.00 bits per heavy atom. The molecule has 0 spiro atoms. The number of piperidine rings is 1. The van der Waals surface area contributed by atoms with E-state index in [1.165, 1.54) is 4.31 Å². The number of hydrogen-bond donors (Lipinski definition) is 1. The maximum atomic E-state index is 12.4. The maximum Gasteiger partial charge on any atom is 0.272 e. The molecular formula is C12H20N4O3S2. The summed E-state index contributed by atoms with van der Waals surface area (Å²) in [5.74, 6) is -0.157. The van der Waals surface area contributed by atoms with E-state index in [0.29, 0.717) is 19.5 Å². The molecule has 2 rings (SSSR count). The number of carbonyl (C=O) groups excluding carboxylic acids is 1. The maximum absolute atomic E-state index is 12.4. The normalized spacial score (nSPS) is 16.8. The zero-order chi connectivity index (χ0) is 15.3. The van der Waals surface area contributed by atoms with Gasteiger partial charge in [0.25, 0.3) is 10.0 Å². The van der Waals surface area contributed by atoms with E-state index in [1.54, 1.807) is 0 Å². The van der Waals surface area contributed by atoms with Crippen molar-refractivity contribution < 1.29 is 13.2 Å². The molecule has 1 amide bonds. The number of hydrogen-bond acceptors (Lipinski definition) is 6. The first-order valence-electron chi connectivity index (χ1n) is 7.17. The fraction of sp³-hybridized carbons (Fsp3) is 0.750. The van der Waals surface area contributed by atoms with Crippen LogP contribution in [0.25, 0.3) is 0 Å². The Morgan fingerprint density at radius 3 is 2.67 bits per heavy atom. The summed E-state index contributed by atoms with van der Waals surface area (Å²) >= 11 is 0.911. The Balaban J connectivity index is 2.03. The van der Waals surface area contributed by atoms with Crippen molar-refractivity contribution in [2.24, 2.45) is 0 Å². The molecule has 0 aromatic carbocycles. The molecule has 1 saturated heterocycles. The molecule has 1 aromatic heterocycles. The topological polar surface area (TPSA) is 92.3 Å². The van der Waals surface area contributed by atoms with Crippen molar-refractivity contribution in [1.29, 1.82) is 0 Å². The predicted octanol–water partition coefficient (Wildman–Crippen LogP) is 1.84. The molecule has 1 N–H and O–H groups in total. The van der Waals surface area contributed by atoms with Gasteiger partial charge in [0.2, 0.25) is 15.4 Å². The van der Waals surface area contributed by atoms with Crippen LogP contribution in [0.4, 0.5) is 5.13 Å². The van der Waals surface area contributed by atoms with Crippen LogP contribution < -0.4 is 5.32 Å². The summed E-state index contributed by atoms with van der Waals surface area (Å²) in [5.41, 5.74) is 0. The SMILES string of the molecule is CCCCC(=O)Nc1nnc(S(=O)(=O)N2CCCCC2)s1. The summed E-state index contributed by atoms with van der Waals surface area (Å²) in [6, 6.07) is 0. The number of nitrogens with one attached hydrogen (secondary N) is 1. The Kier molecular flexibility index (Phi) is 5.65. The standard InChI is InChI=1S/C12H20N4O3S2/c1-2-3-7-10(17)13-11-14-15-12(20-11)21(18,19)16-8-5-4-6-9-16/h2-9H2,1H3,(H,13,14,17). The number of anilines is 1. The van der Waals surface area contributed by atoms with Crippen LogP contribution in [0.5, 0.6) is 0 Å². The fourth-order valence-corrected chi connectivity index (χ4v) is 4.67. The van der Waals surface area contributed by atoms with E-state index in [2.05, 4.69) is 15.5 Å². The molecular weight excluding hydrogens is 312 g/mol. The largest absolute Gasteiger partial charge is 0.301 e. The number of carbonyl (C=O) groups is 1. The highest BCUT2D eigenvalue weighted by molar-refractivity contribution is 7.91. The van der Waals surface area contributed by atoms with Gasteiger partial charge in [0.15, 0.2) is 0 Å². The summed E-state index contributed by atoms with van der Waals surface area (Å²) in [6.07, 6.45) is 4.93. The molecule has 0 radical (unpaired) electrons. The minimum atomic E-state index is -3.57. The van der Waals surface area contributed by atoms with E-state index in [9.17, 15) is 13.2 Å². The van der Waals surface area contributed by atoms with Crippen LogP contribution in [0, 0.1) is 0 Å². The molecule has 1 aliphatic heterocycles. The van der Waals surface area contributed by atoms with Crippen molar-refractivity contribution in [3.05, 3.63) is 0 Å². The van der Waals surface area contributed by atoms with Gasteiger partial charge in [0.1, 0.15) is 0 Å². The van der Waals surface area contributed by atoms with Gasteiger partial charge in [-0.1, -0.05) is 31.1 Å². The molecule has 0 bridgehead atoms. The second-order valence-corrected chi connectivity index (χ2v) is 8.08. The third-order valence-electron chi connectivity index (χ3n) is 3.29. The van der Waals surface area contributed by atoms with Crippen LogP contribution >= 0.6 is 11.3 Å². The second-order valence-electron chi connectivity index (χ2n) is 4.99. The monoisotopic (exact) mass is 332 g/mol. The van der Waals surface area contributed by atoms with Gasteiger partial charge >= 0.3 is 0 Å². The number of amides is 1. The Hall–Kier alpha value is -1.06. The highest BCUT2D eigenvalue weighted by Crippen LogP contribution is 2.25. The van der Waals surface area contributed by atoms with Gasteiger partial charge in [0, 0.05) is 19.5 Å². The van der Waals surface area contributed by atoms with Crippen LogP contribution in [0.2, 0.25) is 0 Å². The van der Waals surface area contributed by atoms with Crippen molar-refractivity contribution in [1.82, 2.24) is 14.5 Å². The minimum Gasteiger partial charge on any atom is -0.301 e. The number of aromatic nitrogens is 2. The Labute approximate surface area is 128 Å². The molecule has 1 aromatic rings. The van der Waals surface area contributed by atoms with Gasteiger partial charge in [0.05, 0.1) is 0 Å². The van der Waals surface area contributed by atoms with Crippen molar-refractivity contribution in [3.8, 4) is 0 Å². The zero-order valence-electron chi connectivity index (χ0n) is 12.0. The van der Waals surface area contributed by atoms with Crippen LogP contribution in [-0.4, -0.2) is 41.9 Å². The van der Waals surface area contributed by atoms with Crippen molar-refractivity contribution >= 4 is 32.4 Å². The third kappa shape index (κ3) is 4.21. The number of nitrogens with zero attached hydrogens (tertiary/aromatic N) is 3. The first kappa shape index (κ1) is 16.3. The first-order valence-corrected chi connectivity index (χ1v) is 9.43. The van der Waals surface area contributed by atoms with Crippen molar-refractivity contribution in [2.45, 2.75) is 49.8 Å². The summed E-state index contributed by atoms with van der Waals surface area (Å²) in [7, 11) is -3.57. The van der Waals surface area contributed by atoms with E-state index in [4.69, 9.17) is 0 Å². The average Bonchev–Trinajstić information content (AvgIpc) is 2.95. The quantitative estimate of drug-likeness (QED) is 0.803. The van der Waals surface area contributed by atoms with E-state index in [0.717, 1.165) is 43.4 Å². The minimum absolute atomic E-state index is 0.0461. The van der Waals surface area contributed by atoms with E-state index in [1.807, 2.05) is 6.92 Å². The number of rotatable bonds is 6. The van der Waals surface area contributed by atoms with E-state index in [-0.39, 0.29) is 15.4 Å². The van der Waals surface area contributed by atoms with Gasteiger partial charge in [-0.2, -0.15) is 4.31 Å². The molecule has 1 aliphatic rings. The van der Waals surface area contributed by atoms with E-state index >= 15 is 0 Å². The predicted molar refractivity (Wildman–Crippen MR) is 80.7 cm³/mol. The lowest BCUT2D eigenvalue weighted by Crippen LogP contribution is -2.35. The van der Waals surface area contributed by atoms with Gasteiger partial charge in [-0.05, 0) is 19.3 Å². The molecule has 0 aliphatic carbocycles. The van der Waals surface area contributed by atoms with Gasteiger partial charge in [-0.3, -0.25) is 4.79 Å². The van der Waals surface area contributed by atoms with Gasteiger partial charge in [-0.15, -0.1) is 10.2 Å². The number of unbranched alkanes of at least 4 members (excludes halogenated alkanes) is 1. The van der Waals surface area contributed by atoms with Crippen molar-refractivity contribution in [2.75, 3.05) is 18.4 Å². The molecule has 0 atom stereocenters. The first-order chi connectivity index (χ1) is 10.0. The summed E-state index contributed by atoms with van der Waals surface area (Å²) in [4.78, 5) is 11.6. The number of sulfonamides is 1. The smallest absolute Gasteiger partial charge is 0.272 e. The van der Waals surface area contributed by atoms with Crippen molar-refractivity contribution in [3.63, 3.8) is 0 Å². The molecule has 0 unspecified atom stereocenters. The Morgan fingerprint density at radius 1 is 1.29 bits per heavy atom. The zero-order valence-corrected chi connectivity index (χ0v) is 13.7. The lowest BCUT2D eigenvalue weighted by Gasteiger charge is -2.24. The molecule has 118 valence electrons. The summed E-state index contributed by atoms with van der Waals surface area (Å²) in [6.45, 7) is 3.06. The fourth-order valence-electron chi connectivity index (χ4n) is 2.10. The molecule has 1 fully saturated rings. The molecule has 9 heteroatoms. The van der Waals surface area contributed by atoms with Crippen LogP contribution in [0.1, 0.15) is 45.4 Å². The highest BCUT2D eigenvalue weighted by Gasteiger charge is 2.29. The highest BCUT2D eigenvalue weighted by atomic mass is 32.2. The summed E-state index contributed by atoms with van der Waals surface area (Å²) in [5, 5.41) is 10.3. The lowest BCUT2D eigenvalue weighted by molar-refractivity contribution is -0.116. The lowest BCUT2D eigenvalue weighted by atomic mass is 10.2. The van der Waals surface area contributed by atoms with Gasteiger partial charge in [-0.25, -0.2) is 8.42 Å². The van der Waals surface area contributed by atoms with Crippen LogP contribution in [0.3, 0.4) is 0 Å². The summed E-state index contributed by atoms with van der Waals surface area (Å²) < 4.78 is 26.2. The van der Waals surface area contributed by atoms with Crippen LogP contribution in [0.15, 0.2) is 4.34 Å². The molecule has 7 nitrogen and oxygen atoms in total. The van der Waals surface area contributed by atoms with Crippen LogP contribution in [-0.2, 0) is 14.8 Å². The third-order valence-corrected chi connectivity index (χ3v) is 6.37. The molecule has 2 heterocycles. The second kappa shape index (κ2) is 7.28. The molecule has 0 saturated carbocycles. The molecule has 21 heavy (non-hydrogen) atoms. The van der Waals surface area contributed by atoms with Gasteiger partial charge < -0.3 is 5.32 Å².